The van der Waals surface area contributed by atoms with Crippen LogP contribution in [-0.4, -0.2) is 48.8 Å². The van der Waals surface area contributed by atoms with E-state index >= 15 is 0 Å². The van der Waals surface area contributed by atoms with Crippen LogP contribution in [-0.2, 0) is 17.8 Å². The van der Waals surface area contributed by atoms with E-state index in [9.17, 15) is 9.59 Å². The smallest absolute Gasteiger partial charge is 0.251 e. The highest BCUT2D eigenvalue weighted by Gasteiger charge is 2.33. The van der Waals surface area contributed by atoms with Crippen LogP contribution in [0.2, 0.25) is 5.15 Å². The predicted octanol–water partition coefficient (Wildman–Crippen LogP) is 5.92. The molecule has 44 heavy (non-hydrogen) atoms. The second kappa shape index (κ2) is 11.9. The first kappa shape index (κ1) is 29.5. The zero-order valence-electron chi connectivity index (χ0n) is 24.6. The van der Waals surface area contributed by atoms with Gasteiger partial charge >= 0.3 is 0 Å². The maximum absolute atomic E-state index is 13.5. The monoisotopic (exact) mass is 630 g/mol. The molecule has 0 spiro atoms. The van der Waals surface area contributed by atoms with Crippen LogP contribution in [0.4, 0.5) is 0 Å². The van der Waals surface area contributed by atoms with E-state index in [0.29, 0.717) is 45.7 Å². The van der Waals surface area contributed by atoms with Crippen molar-refractivity contribution in [3.05, 3.63) is 81.2 Å². The van der Waals surface area contributed by atoms with Crippen molar-refractivity contribution in [1.29, 1.82) is 0 Å². The van der Waals surface area contributed by atoms with Crippen LogP contribution in [0.5, 0.6) is 0 Å². The van der Waals surface area contributed by atoms with Crippen LogP contribution in [0.1, 0.15) is 60.2 Å². The number of carbonyl (C=O) groups is 2. The Morgan fingerprint density at radius 3 is 2.70 bits per heavy atom. The Kier molecular flexibility index (Phi) is 7.95. The second-order valence-corrected chi connectivity index (χ2v) is 13.0. The van der Waals surface area contributed by atoms with E-state index in [4.69, 9.17) is 21.1 Å². The van der Waals surface area contributed by atoms with Crippen LogP contribution in [0.15, 0.2) is 58.4 Å². The van der Waals surface area contributed by atoms with Gasteiger partial charge in [-0.25, -0.2) is 4.98 Å². The summed E-state index contributed by atoms with van der Waals surface area (Å²) in [5.41, 5.74) is 3.04. The number of hydrogen-bond donors (Lipinski definition) is 3. The van der Waals surface area contributed by atoms with Gasteiger partial charge in [-0.2, -0.15) is 10.1 Å². The Balaban J connectivity index is 1.34. The van der Waals surface area contributed by atoms with E-state index in [-0.39, 0.29) is 36.2 Å². The summed E-state index contributed by atoms with van der Waals surface area (Å²) in [7, 11) is 1.59. The number of imidazole rings is 1. The lowest BCUT2D eigenvalue weighted by Crippen LogP contribution is -2.32. The fourth-order valence-corrected chi connectivity index (χ4v) is 6.13. The molecular weight excluding hydrogens is 600 g/mol. The minimum Gasteiger partial charge on any atom is -0.355 e. The molecular formula is C31H31ClN8O3S. The van der Waals surface area contributed by atoms with Gasteiger partial charge in [0.05, 0.1) is 23.1 Å². The molecule has 2 aromatic carbocycles. The Bertz CT molecular complexity index is 1970. The topological polar surface area (TPSA) is 144 Å². The van der Waals surface area contributed by atoms with Crippen molar-refractivity contribution < 1.29 is 14.1 Å². The van der Waals surface area contributed by atoms with Crippen molar-refractivity contribution in [2.75, 3.05) is 7.05 Å². The zero-order chi connectivity index (χ0) is 31.0. The van der Waals surface area contributed by atoms with Crippen molar-refractivity contribution in [1.82, 2.24) is 40.5 Å². The van der Waals surface area contributed by atoms with E-state index < -0.39 is 0 Å². The first-order chi connectivity index (χ1) is 21.1. The lowest BCUT2D eigenvalue weighted by atomic mass is 9.84. The lowest BCUT2D eigenvalue weighted by Gasteiger charge is -2.33. The first-order valence-corrected chi connectivity index (χ1v) is 15.3. The third-order valence-corrected chi connectivity index (χ3v) is 8.66. The summed E-state index contributed by atoms with van der Waals surface area (Å²) < 4.78 is 7.44. The minimum atomic E-state index is -0.388. The van der Waals surface area contributed by atoms with Gasteiger partial charge in [0.15, 0.2) is 5.82 Å². The molecule has 6 aromatic rings. The normalized spacial score (nSPS) is 12.6. The fraction of sp³-hybridized carbons (Fsp3) is 0.290. The second-order valence-electron chi connectivity index (χ2n) is 11.6. The van der Waals surface area contributed by atoms with Crippen molar-refractivity contribution in [2.45, 2.75) is 46.2 Å². The molecule has 0 radical (unpaired) electrons. The number of amides is 2. The van der Waals surface area contributed by atoms with Gasteiger partial charge in [0, 0.05) is 47.3 Å². The summed E-state index contributed by atoms with van der Waals surface area (Å²) in [6.07, 6.45) is 0.713. The number of nitrogens with zero attached hydrogens (tertiary/aromatic N) is 5. The number of aromatic amines is 1. The van der Waals surface area contributed by atoms with Crippen LogP contribution < -0.4 is 10.6 Å². The molecule has 0 saturated heterocycles. The molecule has 3 N–H and O–H groups in total. The predicted molar refractivity (Wildman–Crippen MR) is 170 cm³/mol. The fourth-order valence-electron chi connectivity index (χ4n) is 5.23. The number of benzene rings is 2. The molecule has 2 amide bonds. The third-order valence-electron chi connectivity index (χ3n) is 7.50. The lowest BCUT2D eigenvalue weighted by molar-refractivity contribution is -0.122. The molecule has 4 aromatic heterocycles. The standard InChI is InChI=1S/C31H31ClN8O3S/c1-31(2,3)24(15-26(41)34-16-27-36-25(39-43-27)14-19-6-5-11-44-19)40-23-13-18(30(42)33-4)8-10-21(23)35-29(40)17-7-9-20-22(12-17)37-38-28(20)32/h5-13,24H,14-16H2,1-4H3,(H,33,42)(H,34,41)(H,37,38)/t24-/m0/s1. The Morgan fingerprint density at radius 1 is 1.11 bits per heavy atom. The maximum Gasteiger partial charge on any atom is 0.251 e. The molecule has 0 fully saturated rings. The van der Waals surface area contributed by atoms with Gasteiger partial charge in [-0.15, -0.1) is 11.3 Å². The number of aromatic nitrogens is 6. The van der Waals surface area contributed by atoms with Gasteiger partial charge < -0.3 is 19.7 Å². The van der Waals surface area contributed by atoms with Crippen LogP contribution >= 0.6 is 22.9 Å². The van der Waals surface area contributed by atoms with Crippen molar-refractivity contribution in [2.24, 2.45) is 5.41 Å². The van der Waals surface area contributed by atoms with Gasteiger partial charge in [-0.3, -0.25) is 14.7 Å². The van der Waals surface area contributed by atoms with Gasteiger partial charge in [-0.05, 0) is 47.2 Å². The number of thiophene rings is 1. The first-order valence-electron chi connectivity index (χ1n) is 14.1. The van der Waals surface area contributed by atoms with Gasteiger partial charge in [0.25, 0.3) is 5.91 Å². The Labute approximate surface area is 262 Å². The summed E-state index contributed by atoms with van der Waals surface area (Å²) in [5, 5.41) is 20.1. The average molecular weight is 631 g/mol. The molecule has 0 saturated carbocycles. The quantitative estimate of drug-likeness (QED) is 0.180. The number of halogens is 1. The minimum absolute atomic E-state index is 0.113. The summed E-state index contributed by atoms with van der Waals surface area (Å²) in [5.74, 6) is 1.16. The van der Waals surface area contributed by atoms with E-state index in [1.165, 1.54) is 0 Å². The van der Waals surface area contributed by atoms with Crippen molar-refractivity contribution in [3.8, 4) is 11.4 Å². The molecule has 0 aliphatic rings. The Morgan fingerprint density at radius 2 is 1.95 bits per heavy atom. The van der Waals surface area contributed by atoms with Gasteiger partial charge in [0.1, 0.15) is 11.0 Å². The van der Waals surface area contributed by atoms with E-state index in [1.54, 1.807) is 24.5 Å². The molecule has 0 aliphatic heterocycles. The zero-order valence-corrected chi connectivity index (χ0v) is 26.2. The number of carbonyl (C=O) groups excluding carboxylic acids is 2. The summed E-state index contributed by atoms with van der Waals surface area (Å²) >= 11 is 7.89. The van der Waals surface area contributed by atoms with Crippen molar-refractivity contribution >= 4 is 56.7 Å². The summed E-state index contributed by atoms with van der Waals surface area (Å²) in [4.78, 5) is 36.6. The average Bonchev–Trinajstić information content (AvgIpc) is 3.81. The van der Waals surface area contributed by atoms with E-state index in [2.05, 4.69) is 56.3 Å². The molecule has 0 aliphatic carbocycles. The number of rotatable bonds is 9. The summed E-state index contributed by atoms with van der Waals surface area (Å²) in [6.45, 7) is 6.35. The van der Waals surface area contributed by atoms with Gasteiger partial charge in [-0.1, -0.05) is 49.7 Å². The molecule has 1 atom stereocenters. The molecule has 11 nitrogen and oxygen atoms in total. The molecule has 0 unspecified atom stereocenters. The molecule has 4 heterocycles. The highest BCUT2D eigenvalue weighted by atomic mass is 35.5. The number of fused-ring (bicyclic) bond motifs is 2. The Hall–Kier alpha value is -4.55. The van der Waals surface area contributed by atoms with Crippen molar-refractivity contribution in [3.63, 3.8) is 0 Å². The third kappa shape index (κ3) is 5.95. The van der Waals surface area contributed by atoms with Crippen LogP contribution in [0.3, 0.4) is 0 Å². The molecule has 13 heteroatoms. The summed E-state index contributed by atoms with van der Waals surface area (Å²) in [6, 6.07) is 14.8. The number of H-pyrrole nitrogens is 1. The SMILES string of the molecule is CNC(=O)c1ccc2nc(-c3ccc4c(Cl)[nH]nc4c3)n([C@@H](CC(=O)NCc3nc(Cc4cccs4)no3)C(C)(C)C)c2c1. The molecule has 226 valence electrons. The highest BCUT2D eigenvalue weighted by Crippen LogP contribution is 2.40. The maximum atomic E-state index is 13.5. The van der Waals surface area contributed by atoms with E-state index in [1.807, 2.05) is 47.8 Å². The number of hydrogen-bond acceptors (Lipinski definition) is 8. The largest absolute Gasteiger partial charge is 0.355 e. The molecule has 6 rings (SSSR count). The van der Waals surface area contributed by atoms with Gasteiger partial charge in [0.2, 0.25) is 11.8 Å². The molecule has 0 bridgehead atoms. The van der Waals surface area contributed by atoms with E-state index in [0.717, 1.165) is 21.3 Å². The highest BCUT2D eigenvalue weighted by molar-refractivity contribution is 7.09. The van der Waals surface area contributed by atoms with Crippen LogP contribution in [0.25, 0.3) is 33.3 Å². The number of nitrogens with one attached hydrogen (secondary N) is 3. The van der Waals surface area contributed by atoms with Crippen LogP contribution in [0, 0.1) is 5.41 Å².